The van der Waals surface area contributed by atoms with Gasteiger partial charge in [-0.15, -0.1) is 0 Å². The van der Waals surface area contributed by atoms with Crippen LogP contribution in [0.25, 0.3) is 10.9 Å². The van der Waals surface area contributed by atoms with E-state index in [1.54, 1.807) is 24.4 Å². The second-order valence-corrected chi connectivity index (χ2v) is 10.8. The number of amides is 1. The Bertz CT molecular complexity index is 1600. The maximum atomic E-state index is 13.4. The monoisotopic (exact) mass is 654 g/mol. The van der Waals surface area contributed by atoms with Crippen LogP contribution in [0.5, 0.6) is 11.5 Å². The van der Waals surface area contributed by atoms with E-state index in [0.29, 0.717) is 43.9 Å². The molecule has 39 heavy (non-hydrogen) atoms. The standard InChI is InChI=1S/C29H28Br2N4O4/c1-5-18(3)28-34-24-11-8-20(30)14-22(24)29(37)35(28)32-15-19-12-23(31)27(25(13-19)38-4)39-16-26(36)33-21-9-6-17(2)7-10-21/h6-15,18H,5,16H2,1-4H3,(H,33,36)/t18-/m0/s1. The lowest BCUT2D eigenvalue weighted by molar-refractivity contribution is -0.118. The molecule has 0 aliphatic rings. The van der Waals surface area contributed by atoms with Gasteiger partial charge in [-0.05, 0) is 77.3 Å². The van der Waals surface area contributed by atoms with Crippen LogP contribution in [-0.2, 0) is 4.79 Å². The molecule has 8 nitrogen and oxygen atoms in total. The minimum Gasteiger partial charge on any atom is -0.493 e. The van der Waals surface area contributed by atoms with E-state index in [9.17, 15) is 9.59 Å². The fraction of sp³-hybridized carbons (Fsp3) is 0.241. The third-order valence-corrected chi connectivity index (χ3v) is 7.23. The zero-order chi connectivity index (χ0) is 28.1. The maximum Gasteiger partial charge on any atom is 0.282 e. The van der Waals surface area contributed by atoms with E-state index in [4.69, 9.17) is 14.5 Å². The third kappa shape index (κ3) is 6.75. The van der Waals surface area contributed by atoms with Gasteiger partial charge in [-0.3, -0.25) is 9.59 Å². The highest BCUT2D eigenvalue weighted by molar-refractivity contribution is 9.10. The van der Waals surface area contributed by atoms with E-state index >= 15 is 0 Å². The fourth-order valence-electron chi connectivity index (χ4n) is 3.83. The molecule has 0 spiro atoms. The van der Waals surface area contributed by atoms with Crippen LogP contribution in [0.15, 0.2) is 73.4 Å². The number of aromatic nitrogens is 2. The maximum absolute atomic E-state index is 13.4. The van der Waals surface area contributed by atoms with Crippen molar-refractivity contribution in [3.63, 3.8) is 0 Å². The number of benzene rings is 3. The number of carbonyl (C=O) groups is 1. The van der Waals surface area contributed by atoms with Gasteiger partial charge in [0.15, 0.2) is 18.1 Å². The number of rotatable bonds is 9. The van der Waals surface area contributed by atoms with E-state index < -0.39 is 0 Å². The van der Waals surface area contributed by atoms with Crippen LogP contribution in [0, 0.1) is 6.92 Å². The summed E-state index contributed by atoms with van der Waals surface area (Å²) < 4.78 is 14.0. The van der Waals surface area contributed by atoms with Gasteiger partial charge in [0, 0.05) is 16.1 Å². The minimum absolute atomic E-state index is 0.0194. The molecule has 1 aromatic heterocycles. The van der Waals surface area contributed by atoms with Gasteiger partial charge in [0.05, 0.1) is 28.7 Å². The molecule has 4 aromatic rings. The van der Waals surface area contributed by atoms with E-state index in [0.717, 1.165) is 16.5 Å². The number of methoxy groups -OCH3 is 1. The second-order valence-electron chi connectivity index (χ2n) is 9.04. The molecule has 1 heterocycles. The van der Waals surface area contributed by atoms with Crippen LogP contribution in [0.2, 0.25) is 0 Å². The molecule has 0 saturated heterocycles. The van der Waals surface area contributed by atoms with E-state index in [2.05, 4.69) is 42.3 Å². The molecule has 0 bridgehead atoms. The highest BCUT2D eigenvalue weighted by Crippen LogP contribution is 2.36. The molecule has 0 saturated carbocycles. The Kier molecular flexibility index (Phi) is 9.19. The van der Waals surface area contributed by atoms with Gasteiger partial charge >= 0.3 is 0 Å². The van der Waals surface area contributed by atoms with Crippen molar-refractivity contribution in [2.45, 2.75) is 33.1 Å². The molecule has 0 aliphatic carbocycles. The smallest absolute Gasteiger partial charge is 0.282 e. The lowest BCUT2D eigenvalue weighted by atomic mass is 10.1. The Morgan fingerprint density at radius 3 is 2.59 bits per heavy atom. The van der Waals surface area contributed by atoms with Crippen LogP contribution < -0.4 is 20.3 Å². The summed E-state index contributed by atoms with van der Waals surface area (Å²) in [6, 6.07) is 16.4. The number of hydrogen-bond acceptors (Lipinski definition) is 6. The molecule has 1 N–H and O–H groups in total. The molecule has 3 aromatic carbocycles. The van der Waals surface area contributed by atoms with E-state index in [1.807, 2.05) is 57.2 Å². The summed E-state index contributed by atoms with van der Waals surface area (Å²) in [6.07, 6.45) is 2.37. The SMILES string of the molecule is CC[C@H](C)c1nc2ccc(Br)cc2c(=O)n1N=Cc1cc(Br)c(OCC(=O)Nc2ccc(C)cc2)c(OC)c1. The van der Waals surface area contributed by atoms with Crippen LogP contribution in [0.4, 0.5) is 5.69 Å². The average Bonchev–Trinajstić information content (AvgIpc) is 2.92. The van der Waals surface area contributed by atoms with Crippen molar-refractivity contribution >= 4 is 60.6 Å². The second kappa shape index (κ2) is 12.6. The van der Waals surface area contributed by atoms with Crippen LogP contribution in [0.3, 0.4) is 0 Å². The molecule has 1 atom stereocenters. The number of fused-ring (bicyclic) bond motifs is 1. The zero-order valence-electron chi connectivity index (χ0n) is 22.0. The van der Waals surface area contributed by atoms with E-state index in [1.165, 1.54) is 11.8 Å². The minimum atomic E-state index is -0.300. The summed E-state index contributed by atoms with van der Waals surface area (Å²) in [6.45, 7) is 5.83. The van der Waals surface area contributed by atoms with Crippen molar-refractivity contribution in [2.75, 3.05) is 19.0 Å². The number of carbonyl (C=O) groups excluding carboxylic acids is 1. The van der Waals surface area contributed by atoms with Crippen molar-refractivity contribution in [1.29, 1.82) is 0 Å². The Hall–Kier alpha value is -3.50. The number of aryl methyl sites for hydroxylation is 1. The first-order chi connectivity index (χ1) is 18.7. The molecule has 0 radical (unpaired) electrons. The summed E-state index contributed by atoms with van der Waals surface area (Å²) in [5.41, 5.74) is 2.83. The van der Waals surface area contributed by atoms with Gasteiger partial charge < -0.3 is 14.8 Å². The van der Waals surface area contributed by atoms with Gasteiger partial charge in [-0.2, -0.15) is 9.78 Å². The largest absolute Gasteiger partial charge is 0.493 e. The lowest BCUT2D eigenvalue weighted by Crippen LogP contribution is -2.23. The summed E-state index contributed by atoms with van der Waals surface area (Å²) in [7, 11) is 1.51. The first-order valence-corrected chi connectivity index (χ1v) is 13.9. The Morgan fingerprint density at radius 2 is 1.90 bits per heavy atom. The van der Waals surface area contributed by atoms with E-state index in [-0.39, 0.29) is 24.0 Å². The summed E-state index contributed by atoms with van der Waals surface area (Å²) in [5.74, 6) is 1.09. The molecular weight excluding hydrogens is 628 g/mol. The van der Waals surface area contributed by atoms with Crippen LogP contribution >= 0.6 is 31.9 Å². The molecule has 0 aliphatic heterocycles. The van der Waals surface area contributed by atoms with Crippen molar-refractivity contribution in [1.82, 2.24) is 9.66 Å². The van der Waals surface area contributed by atoms with Crippen molar-refractivity contribution < 1.29 is 14.3 Å². The van der Waals surface area contributed by atoms with Crippen LogP contribution in [-0.4, -0.2) is 35.5 Å². The Morgan fingerprint density at radius 1 is 1.15 bits per heavy atom. The third-order valence-electron chi connectivity index (χ3n) is 6.14. The average molecular weight is 656 g/mol. The Balaban J connectivity index is 1.60. The predicted octanol–water partition coefficient (Wildman–Crippen LogP) is 6.65. The number of nitrogens with zero attached hydrogens (tertiary/aromatic N) is 3. The van der Waals surface area contributed by atoms with Gasteiger partial charge in [0.1, 0.15) is 5.82 Å². The van der Waals surface area contributed by atoms with Crippen molar-refractivity contribution in [2.24, 2.45) is 5.10 Å². The first kappa shape index (κ1) is 28.5. The predicted molar refractivity (Wildman–Crippen MR) is 161 cm³/mol. The number of nitrogens with one attached hydrogen (secondary N) is 1. The van der Waals surface area contributed by atoms with Crippen LogP contribution in [0.1, 0.15) is 43.1 Å². The highest BCUT2D eigenvalue weighted by atomic mass is 79.9. The van der Waals surface area contributed by atoms with Crippen molar-refractivity contribution in [3.8, 4) is 11.5 Å². The van der Waals surface area contributed by atoms with Crippen molar-refractivity contribution in [3.05, 3.63) is 90.8 Å². The lowest BCUT2D eigenvalue weighted by Gasteiger charge is -2.15. The molecule has 4 rings (SSSR count). The number of anilines is 1. The van der Waals surface area contributed by atoms with Gasteiger partial charge in [0.2, 0.25) is 0 Å². The fourth-order valence-corrected chi connectivity index (χ4v) is 4.76. The molecule has 202 valence electrons. The van der Waals surface area contributed by atoms with Gasteiger partial charge in [-0.25, -0.2) is 4.98 Å². The number of hydrogen-bond donors (Lipinski definition) is 1. The molecule has 10 heteroatoms. The normalized spacial score (nSPS) is 12.1. The quantitative estimate of drug-likeness (QED) is 0.204. The molecule has 1 amide bonds. The first-order valence-electron chi connectivity index (χ1n) is 12.3. The van der Waals surface area contributed by atoms with Gasteiger partial charge in [-0.1, -0.05) is 47.5 Å². The topological polar surface area (TPSA) is 94.8 Å². The number of halogens is 2. The van der Waals surface area contributed by atoms with Gasteiger partial charge in [0.25, 0.3) is 11.5 Å². The molecule has 0 unspecified atom stereocenters. The molecule has 0 fully saturated rings. The highest BCUT2D eigenvalue weighted by Gasteiger charge is 2.17. The Labute approximate surface area is 243 Å². The summed E-state index contributed by atoms with van der Waals surface area (Å²) in [4.78, 5) is 30.5. The summed E-state index contributed by atoms with van der Waals surface area (Å²) >= 11 is 6.94. The summed E-state index contributed by atoms with van der Waals surface area (Å²) in [5, 5.41) is 7.79. The zero-order valence-corrected chi connectivity index (χ0v) is 25.2. The number of ether oxygens (including phenoxy) is 2. The molecular formula is C29H28Br2N4O4.